The zero-order chi connectivity index (χ0) is 13.1. The highest BCUT2D eigenvalue weighted by Crippen LogP contribution is 2.31. The van der Waals surface area contributed by atoms with Gasteiger partial charge in [0.1, 0.15) is 5.54 Å². The summed E-state index contributed by atoms with van der Waals surface area (Å²) < 4.78 is 25.5. The lowest BCUT2D eigenvalue weighted by atomic mass is 9.91. The summed E-state index contributed by atoms with van der Waals surface area (Å²) in [7, 11) is -3.45. The normalized spacial score (nSPS) is 26.9. The second kappa shape index (κ2) is 5.35. The van der Waals surface area contributed by atoms with Crippen molar-refractivity contribution in [1.82, 2.24) is 4.31 Å². The molecule has 1 atom stereocenters. The van der Waals surface area contributed by atoms with E-state index >= 15 is 0 Å². The molecule has 1 unspecified atom stereocenters. The molecule has 5 nitrogen and oxygen atoms in total. The van der Waals surface area contributed by atoms with E-state index in [0.717, 1.165) is 19.3 Å². The average Bonchev–Trinajstić information content (AvgIpc) is 2.26. The van der Waals surface area contributed by atoms with Crippen molar-refractivity contribution in [3.63, 3.8) is 0 Å². The maximum absolute atomic E-state index is 12.1. The van der Waals surface area contributed by atoms with Gasteiger partial charge in [0.25, 0.3) is 0 Å². The zero-order valence-corrected chi connectivity index (χ0v) is 11.3. The van der Waals surface area contributed by atoms with E-state index in [0.29, 0.717) is 19.4 Å². The van der Waals surface area contributed by atoms with Crippen LogP contribution < -0.4 is 0 Å². The number of carboxylic acid groups (broad SMARTS) is 1. The predicted octanol–water partition coefficient (Wildman–Crippen LogP) is 1.45. The zero-order valence-electron chi connectivity index (χ0n) is 10.5. The van der Waals surface area contributed by atoms with Gasteiger partial charge in [-0.15, -0.1) is 0 Å². The highest BCUT2D eigenvalue weighted by atomic mass is 32.2. The first-order chi connectivity index (χ1) is 7.84. The van der Waals surface area contributed by atoms with Crippen LogP contribution in [0, 0.1) is 0 Å². The van der Waals surface area contributed by atoms with Gasteiger partial charge >= 0.3 is 5.97 Å². The molecule has 0 radical (unpaired) electrons. The first-order valence-corrected chi connectivity index (χ1v) is 7.69. The Morgan fingerprint density at radius 1 is 1.41 bits per heavy atom. The summed E-state index contributed by atoms with van der Waals surface area (Å²) in [5.41, 5.74) is -1.26. The molecule has 0 saturated carbocycles. The van der Waals surface area contributed by atoms with Gasteiger partial charge in [-0.25, -0.2) is 8.42 Å². The van der Waals surface area contributed by atoms with Crippen molar-refractivity contribution in [3.05, 3.63) is 0 Å². The quantitative estimate of drug-likeness (QED) is 0.814. The maximum Gasteiger partial charge on any atom is 0.324 e. The standard InChI is InChI=1S/C11H21NO4S/c1-3-4-9-17(15,16)12-8-6-5-7-11(12,2)10(13)14/h3-9H2,1-2H3,(H,13,14). The lowest BCUT2D eigenvalue weighted by molar-refractivity contribution is -0.149. The van der Waals surface area contributed by atoms with Gasteiger partial charge in [-0.2, -0.15) is 4.31 Å². The summed E-state index contributed by atoms with van der Waals surface area (Å²) in [5.74, 6) is -0.996. The Morgan fingerprint density at radius 3 is 2.59 bits per heavy atom. The highest BCUT2D eigenvalue weighted by Gasteiger charge is 2.46. The molecular weight excluding hydrogens is 242 g/mol. The Hall–Kier alpha value is -0.620. The van der Waals surface area contributed by atoms with E-state index in [1.165, 1.54) is 11.2 Å². The van der Waals surface area contributed by atoms with Crippen LogP contribution in [0.4, 0.5) is 0 Å². The topological polar surface area (TPSA) is 74.7 Å². The third-order valence-electron chi connectivity index (χ3n) is 3.38. The Kier molecular flexibility index (Phi) is 4.55. The van der Waals surface area contributed by atoms with Gasteiger partial charge < -0.3 is 5.11 Å². The summed E-state index contributed by atoms with van der Waals surface area (Å²) in [4.78, 5) is 11.3. The van der Waals surface area contributed by atoms with Crippen molar-refractivity contribution < 1.29 is 18.3 Å². The van der Waals surface area contributed by atoms with Crippen LogP contribution in [0.2, 0.25) is 0 Å². The lowest BCUT2D eigenvalue weighted by Crippen LogP contribution is -2.57. The molecule has 1 saturated heterocycles. The Balaban J connectivity index is 2.96. The fourth-order valence-corrected chi connectivity index (χ4v) is 4.26. The number of sulfonamides is 1. The van der Waals surface area contributed by atoms with Crippen LogP contribution >= 0.6 is 0 Å². The molecule has 6 heteroatoms. The van der Waals surface area contributed by atoms with E-state index in [-0.39, 0.29) is 5.75 Å². The van der Waals surface area contributed by atoms with Crippen LogP contribution in [0.3, 0.4) is 0 Å². The molecule has 0 bridgehead atoms. The number of unbranched alkanes of at least 4 members (excludes halogenated alkanes) is 1. The fraction of sp³-hybridized carbons (Fsp3) is 0.909. The second-order valence-corrected chi connectivity index (χ2v) is 6.79. The number of aliphatic carboxylic acids is 1. The maximum atomic E-state index is 12.1. The minimum atomic E-state index is -3.45. The minimum Gasteiger partial charge on any atom is -0.480 e. The molecule has 0 aliphatic carbocycles. The first kappa shape index (κ1) is 14.4. The molecule has 100 valence electrons. The van der Waals surface area contributed by atoms with Gasteiger partial charge in [0.05, 0.1) is 5.75 Å². The Labute approximate surface area is 103 Å². The molecule has 0 amide bonds. The van der Waals surface area contributed by atoms with Crippen LogP contribution in [0.25, 0.3) is 0 Å². The number of nitrogens with zero attached hydrogens (tertiary/aromatic N) is 1. The number of hydrogen-bond donors (Lipinski definition) is 1. The molecule has 1 heterocycles. The number of rotatable bonds is 5. The molecule has 1 aliphatic heterocycles. The van der Waals surface area contributed by atoms with Gasteiger partial charge in [0.15, 0.2) is 0 Å². The average molecular weight is 263 g/mol. The van der Waals surface area contributed by atoms with Crippen molar-refractivity contribution in [1.29, 1.82) is 0 Å². The summed E-state index contributed by atoms with van der Waals surface area (Å²) in [6.45, 7) is 3.76. The molecule has 0 aromatic heterocycles. The molecule has 1 fully saturated rings. The van der Waals surface area contributed by atoms with Crippen LogP contribution in [0.5, 0.6) is 0 Å². The summed E-state index contributed by atoms with van der Waals surface area (Å²) in [6, 6.07) is 0. The fourth-order valence-electron chi connectivity index (χ4n) is 2.19. The molecule has 1 N–H and O–H groups in total. The lowest BCUT2D eigenvalue weighted by Gasteiger charge is -2.40. The van der Waals surface area contributed by atoms with Gasteiger partial charge in [0, 0.05) is 6.54 Å². The van der Waals surface area contributed by atoms with E-state index in [9.17, 15) is 18.3 Å². The molecule has 0 aromatic rings. The Bertz CT molecular complexity index is 379. The van der Waals surface area contributed by atoms with Crippen molar-refractivity contribution in [2.24, 2.45) is 0 Å². The minimum absolute atomic E-state index is 0.0480. The third-order valence-corrected chi connectivity index (χ3v) is 5.44. The summed E-state index contributed by atoms with van der Waals surface area (Å²) in [5, 5.41) is 9.25. The second-order valence-electron chi connectivity index (χ2n) is 4.78. The Morgan fingerprint density at radius 2 is 2.06 bits per heavy atom. The smallest absolute Gasteiger partial charge is 0.324 e. The first-order valence-electron chi connectivity index (χ1n) is 6.08. The van der Waals surface area contributed by atoms with Gasteiger partial charge in [-0.05, 0) is 32.6 Å². The van der Waals surface area contributed by atoms with E-state index < -0.39 is 21.5 Å². The number of piperidine rings is 1. The highest BCUT2D eigenvalue weighted by molar-refractivity contribution is 7.89. The van der Waals surface area contributed by atoms with E-state index in [1.54, 1.807) is 0 Å². The largest absolute Gasteiger partial charge is 0.480 e. The summed E-state index contributed by atoms with van der Waals surface area (Å²) in [6.07, 6.45) is 3.27. The predicted molar refractivity (Wildman–Crippen MR) is 65.3 cm³/mol. The molecule has 0 spiro atoms. The number of carbonyl (C=O) groups is 1. The third kappa shape index (κ3) is 2.98. The molecule has 0 aromatic carbocycles. The monoisotopic (exact) mass is 263 g/mol. The number of carboxylic acids is 1. The van der Waals surface area contributed by atoms with Crippen molar-refractivity contribution in [3.8, 4) is 0 Å². The van der Waals surface area contributed by atoms with E-state index in [1.807, 2.05) is 6.92 Å². The van der Waals surface area contributed by atoms with Gasteiger partial charge in [-0.3, -0.25) is 4.79 Å². The van der Waals surface area contributed by atoms with Crippen molar-refractivity contribution >= 4 is 16.0 Å². The van der Waals surface area contributed by atoms with Crippen LogP contribution in [-0.4, -0.2) is 41.6 Å². The van der Waals surface area contributed by atoms with Crippen molar-refractivity contribution in [2.45, 2.75) is 51.5 Å². The molecular formula is C11H21NO4S. The van der Waals surface area contributed by atoms with Crippen molar-refractivity contribution in [2.75, 3.05) is 12.3 Å². The summed E-state index contributed by atoms with van der Waals surface area (Å²) >= 11 is 0. The SMILES string of the molecule is CCCCS(=O)(=O)N1CCCCC1(C)C(=O)O. The molecule has 1 rings (SSSR count). The van der Waals surface area contributed by atoms with Crippen LogP contribution in [0.1, 0.15) is 46.0 Å². The van der Waals surface area contributed by atoms with Gasteiger partial charge in [0.2, 0.25) is 10.0 Å². The number of hydrogen-bond acceptors (Lipinski definition) is 3. The van der Waals surface area contributed by atoms with E-state index in [4.69, 9.17) is 0 Å². The molecule has 1 aliphatic rings. The molecule has 17 heavy (non-hydrogen) atoms. The van der Waals surface area contributed by atoms with Crippen LogP contribution in [-0.2, 0) is 14.8 Å². The van der Waals surface area contributed by atoms with E-state index in [2.05, 4.69) is 0 Å². The van der Waals surface area contributed by atoms with Gasteiger partial charge in [-0.1, -0.05) is 13.3 Å². The van der Waals surface area contributed by atoms with Crippen LogP contribution in [0.15, 0.2) is 0 Å².